The number of hydrogen-bond donors (Lipinski definition) is 0. The van der Waals surface area contributed by atoms with E-state index in [4.69, 9.17) is 16.3 Å². The summed E-state index contributed by atoms with van der Waals surface area (Å²) in [5.74, 6) is 0.101. The smallest absolute Gasteiger partial charge is 0.318 e. The molecule has 0 aliphatic rings. The number of thioether (sulfide) groups is 1. The highest BCUT2D eigenvalue weighted by atomic mass is 35.5. The Hall–Kier alpha value is -1.53. The lowest BCUT2D eigenvalue weighted by Gasteiger charge is -2.16. The first-order valence-corrected chi connectivity index (χ1v) is 9.03. The number of halogens is 1. The quantitative estimate of drug-likeness (QED) is 0.441. The zero-order chi connectivity index (χ0) is 17.9. The molecule has 130 valence electrons. The van der Waals surface area contributed by atoms with Crippen LogP contribution < -0.4 is 5.56 Å². The van der Waals surface area contributed by atoms with Crippen molar-refractivity contribution in [2.75, 3.05) is 7.11 Å². The van der Waals surface area contributed by atoms with Crippen molar-refractivity contribution in [2.24, 2.45) is 5.92 Å². The Morgan fingerprint density at radius 3 is 2.71 bits per heavy atom. The summed E-state index contributed by atoms with van der Waals surface area (Å²) in [5.41, 5.74) is 0.421. The van der Waals surface area contributed by atoms with Gasteiger partial charge in [-0.05, 0) is 37.5 Å². The molecule has 1 aromatic heterocycles. The van der Waals surface area contributed by atoms with Crippen molar-refractivity contribution in [1.82, 2.24) is 9.55 Å². The summed E-state index contributed by atoms with van der Waals surface area (Å²) < 4.78 is 6.40. The van der Waals surface area contributed by atoms with E-state index in [9.17, 15) is 9.59 Å². The summed E-state index contributed by atoms with van der Waals surface area (Å²) in [6.07, 6.45) is 0.848. The van der Waals surface area contributed by atoms with Crippen molar-refractivity contribution >= 4 is 40.2 Å². The lowest BCUT2D eigenvalue weighted by atomic mass is 10.1. The fourth-order valence-corrected chi connectivity index (χ4v) is 3.35. The number of esters is 1. The molecule has 2 rings (SSSR count). The van der Waals surface area contributed by atoms with Crippen LogP contribution in [0.3, 0.4) is 0 Å². The second-order valence-corrected chi connectivity index (χ2v) is 7.72. The average molecular weight is 369 g/mol. The topological polar surface area (TPSA) is 61.2 Å². The van der Waals surface area contributed by atoms with Gasteiger partial charge in [0.15, 0.2) is 5.16 Å². The van der Waals surface area contributed by atoms with Crippen LogP contribution in [0.1, 0.15) is 27.2 Å². The van der Waals surface area contributed by atoms with E-state index in [1.807, 2.05) is 0 Å². The van der Waals surface area contributed by atoms with Crippen LogP contribution >= 0.6 is 23.4 Å². The summed E-state index contributed by atoms with van der Waals surface area (Å²) in [7, 11) is 1.35. The number of hydrogen-bond acceptors (Lipinski definition) is 5. The summed E-state index contributed by atoms with van der Waals surface area (Å²) in [6.45, 7) is 6.49. The highest BCUT2D eigenvalue weighted by molar-refractivity contribution is 8.00. The molecule has 0 saturated heterocycles. The highest BCUT2D eigenvalue weighted by Gasteiger charge is 2.20. The van der Waals surface area contributed by atoms with E-state index in [0.29, 0.717) is 33.5 Å². The van der Waals surface area contributed by atoms with E-state index >= 15 is 0 Å². The fraction of sp³-hybridized carbons (Fsp3) is 0.471. The van der Waals surface area contributed by atoms with Crippen molar-refractivity contribution in [3.05, 3.63) is 33.6 Å². The number of rotatable bonds is 6. The van der Waals surface area contributed by atoms with Gasteiger partial charge in [0.2, 0.25) is 0 Å². The van der Waals surface area contributed by atoms with Crippen molar-refractivity contribution in [1.29, 1.82) is 0 Å². The molecule has 1 aromatic carbocycles. The zero-order valence-corrected chi connectivity index (χ0v) is 15.8. The van der Waals surface area contributed by atoms with Crippen molar-refractivity contribution < 1.29 is 9.53 Å². The first-order valence-electron chi connectivity index (χ1n) is 7.78. The molecular weight excluding hydrogens is 348 g/mol. The maximum Gasteiger partial charge on any atom is 0.318 e. The number of nitrogens with zero attached hydrogens (tertiary/aromatic N) is 2. The van der Waals surface area contributed by atoms with Gasteiger partial charge >= 0.3 is 5.97 Å². The lowest BCUT2D eigenvalue weighted by molar-refractivity contribution is -0.139. The molecule has 0 amide bonds. The van der Waals surface area contributed by atoms with Crippen molar-refractivity contribution in [3.8, 4) is 0 Å². The molecular formula is C17H21ClN2O3S. The van der Waals surface area contributed by atoms with Crippen LogP contribution in [0.5, 0.6) is 0 Å². The van der Waals surface area contributed by atoms with Crippen LogP contribution in [0.25, 0.3) is 10.9 Å². The monoisotopic (exact) mass is 368 g/mol. The van der Waals surface area contributed by atoms with E-state index in [1.165, 1.54) is 18.9 Å². The van der Waals surface area contributed by atoms with Gasteiger partial charge < -0.3 is 4.74 Å². The summed E-state index contributed by atoms with van der Waals surface area (Å²) in [4.78, 5) is 29.1. The van der Waals surface area contributed by atoms with E-state index in [1.54, 1.807) is 29.7 Å². The van der Waals surface area contributed by atoms with E-state index in [0.717, 1.165) is 6.42 Å². The van der Waals surface area contributed by atoms with Gasteiger partial charge in [-0.15, -0.1) is 0 Å². The Kier molecular flexibility index (Phi) is 6.29. The minimum Gasteiger partial charge on any atom is -0.468 e. The summed E-state index contributed by atoms with van der Waals surface area (Å²) in [5, 5.41) is 1.10. The number of carbonyl (C=O) groups is 1. The molecule has 2 aromatic rings. The molecule has 24 heavy (non-hydrogen) atoms. The minimum atomic E-state index is -0.455. The Labute approximate surface area is 150 Å². The predicted octanol–water partition coefficient (Wildman–Crippen LogP) is 3.75. The van der Waals surface area contributed by atoms with Crippen molar-refractivity contribution in [3.63, 3.8) is 0 Å². The molecule has 0 spiro atoms. The first-order chi connectivity index (χ1) is 11.3. The number of methoxy groups -OCH3 is 1. The Bertz CT molecular complexity index is 804. The van der Waals surface area contributed by atoms with Gasteiger partial charge in [0.1, 0.15) is 5.25 Å². The van der Waals surface area contributed by atoms with Crippen molar-refractivity contribution in [2.45, 2.75) is 44.1 Å². The lowest BCUT2D eigenvalue weighted by Crippen LogP contribution is -2.26. The second-order valence-electron chi connectivity index (χ2n) is 5.98. The molecule has 1 heterocycles. The predicted molar refractivity (Wildman–Crippen MR) is 97.8 cm³/mol. The van der Waals surface area contributed by atoms with Gasteiger partial charge in [-0.2, -0.15) is 0 Å². The molecule has 0 unspecified atom stereocenters. The van der Waals surface area contributed by atoms with Crippen LogP contribution in [-0.2, 0) is 16.1 Å². The van der Waals surface area contributed by atoms with Gasteiger partial charge in [0.05, 0.1) is 18.0 Å². The van der Waals surface area contributed by atoms with Crippen LogP contribution in [0, 0.1) is 5.92 Å². The molecule has 0 N–H and O–H groups in total. The number of carbonyl (C=O) groups excluding carboxylic acids is 1. The van der Waals surface area contributed by atoms with Crippen LogP contribution in [-0.4, -0.2) is 27.9 Å². The summed E-state index contributed by atoms with van der Waals surface area (Å²) >= 11 is 7.24. The molecule has 0 saturated carbocycles. The normalized spacial score (nSPS) is 12.6. The minimum absolute atomic E-state index is 0.114. The Morgan fingerprint density at radius 1 is 1.38 bits per heavy atom. The average Bonchev–Trinajstić information content (AvgIpc) is 2.53. The van der Waals surface area contributed by atoms with E-state index < -0.39 is 5.25 Å². The Balaban J connectivity index is 2.53. The van der Waals surface area contributed by atoms with Gasteiger partial charge in [0.25, 0.3) is 5.56 Å². The number of ether oxygens (including phenoxy) is 1. The third kappa shape index (κ3) is 4.30. The van der Waals surface area contributed by atoms with Crippen LogP contribution in [0.4, 0.5) is 0 Å². The van der Waals surface area contributed by atoms with Gasteiger partial charge in [-0.3, -0.25) is 14.2 Å². The van der Waals surface area contributed by atoms with Crippen LogP contribution in [0.2, 0.25) is 5.02 Å². The second kappa shape index (κ2) is 8.03. The molecule has 0 aliphatic carbocycles. The number of fused-ring (bicyclic) bond motifs is 1. The maximum absolute atomic E-state index is 12.8. The standard InChI is InChI=1S/C17H21ClN2O3S/c1-10(2)7-8-20-15(21)13-6-5-12(18)9-14(13)19-17(20)24-11(3)16(22)23-4/h5-6,9-11H,7-8H2,1-4H3/t11-/m0/s1. The van der Waals surface area contributed by atoms with E-state index in [-0.39, 0.29) is 11.5 Å². The fourth-order valence-electron chi connectivity index (χ4n) is 2.22. The number of benzene rings is 1. The zero-order valence-electron chi connectivity index (χ0n) is 14.2. The number of aromatic nitrogens is 2. The maximum atomic E-state index is 12.8. The first kappa shape index (κ1) is 18.8. The largest absolute Gasteiger partial charge is 0.468 e. The van der Waals surface area contributed by atoms with E-state index in [2.05, 4.69) is 18.8 Å². The summed E-state index contributed by atoms with van der Waals surface area (Å²) in [6, 6.07) is 5.04. The molecule has 7 heteroatoms. The highest BCUT2D eigenvalue weighted by Crippen LogP contribution is 2.25. The third-order valence-corrected chi connectivity index (χ3v) is 4.93. The molecule has 1 atom stereocenters. The third-order valence-electron chi connectivity index (χ3n) is 3.63. The van der Waals surface area contributed by atoms with Gasteiger partial charge in [-0.25, -0.2) is 4.98 Å². The van der Waals surface area contributed by atoms with Gasteiger partial charge in [0, 0.05) is 11.6 Å². The Morgan fingerprint density at radius 2 is 2.08 bits per heavy atom. The SMILES string of the molecule is COC(=O)[C@H](C)Sc1nc2cc(Cl)ccc2c(=O)n1CCC(C)C. The van der Waals surface area contributed by atoms with Gasteiger partial charge in [-0.1, -0.05) is 37.2 Å². The molecule has 5 nitrogen and oxygen atoms in total. The molecule has 0 radical (unpaired) electrons. The van der Waals surface area contributed by atoms with Crippen LogP contribution in [0.15, 0.2) is 28.2 Å². The molecule has 0 fully saturated rings. The molecule has 0 aliphatic heterocycles. The molecule has 0 bridgehead atoms.